The van der Waals surface area contributed by atoms with Crippen molar-refractivity contribution in [2.45, 2.75) is 6.42 Å². The number of nitrogens with one attached hydrogen (secondary N) is 1. The van der Waals surface area contributed by atoms with Gasteiger partial charge in [0.2, 0.25) is 0 Å². The van der Waals surface area contributed by atoms with Gasteiger partial charge in [0, 0.05) is 11.9 Å². The normalized spacial score (nSPS) is 10.3. The lowest BCUT2D eigenvalue weighted by atomic mass is 10.1. The molecule has 0 saturated heterocycles. The van der Waals surface area contributed by atoms with Gasteiger partial charge in [0.05, 0.1) is 23.6 Å². The summed E-state index contributed by atoms with van der Waals surface area (Å²) in [5.41, 5.74) is -0.630. The smallest absolute Gasteiger partial charge is 0.359 e. The van der Waals surface area contributed by atoms with Crippen LogP contribution in [0.2, 0.25) is 0 Å². The van der Waals surface area contributed by atoms with E-state index in [0.717, 1.165) is 4.90 Å². The Labute approximate surface area is 164 Å². The topological polar surface area (TPSA) is 116 Å². The van der Waals surface area contributed by atoms with Crippen molar-refractivity contribution in [2.24, 2.45) is 0 Å². The highest BCUT2D eigenvalue weighted by atomic mass is 19.1. The largest absolute Gasteiger partial charge is 0.451 e. The number of halogens is 1. The quantitative estimate of drug-likeness (QED) is 0.641. The number of ether oxygens (including phenoxy) is 1. The fraction of sp³-hybridized carbons (Fsp3) is 0.150. The summed E-state index contributed by atoms with van der Waals surface area (Å²) in [6.45, 7) is -0.749. The predicted molar refractivity (Wildman–Crippen MR) is 102 cm³/mol. The van der Waals surface area contributed by atoms with Gasteiger partial charge in [-0.2, -0.15) is 10.4 Å². The lowest BCUT2D eigenvalue weighted by molar-refractivity contribution is -0.121. The van der Waals surface area contributed by atoms with Gasteiger partial charge in [-0.25, -0.2) is 14.3 Å². The zero-order valence-electron chi connectivity index (χ0n) is 15.1. The van der Waals surface area contributed by atoms with Gasteiger partial charge in [-0.3, -0.25) is 9.59 Å². The molecule has 1 aromatic heterocycles. The fourth-order valence-corrected chi connectivity index (χ4v) is 2.76. The molecule has 0 spiro atoms. The Morgan fingerprint density at radius 1 is 1.14 bits per heavy atom. The van der Waals surface area contributed by atoms with E-state index >= 15 is 0 Å². The number of nitrogens with zero attached hydrogens (tertiary/aromatic N) is 3. The van der Waals surface area contributed by atoms with Crippen molar-refractivity contribution in [1.29, 1.82) is 5.26 Å². The van der Waals surface area contributed by atoms with Crippen molar-refractivity contribution >= 4 is 28.3 Å². The Hall–Kier alpha value is -4.06. The molecule has 1 amide bonds. The molecule has 3 aromatic rings. The molecule has 0 fully saturated rings. The van der Waals surface area contributed by atoms with E-state index in [1.807, 2.05) is 6.07 Å². The molecule has 29 heavy (non-hydrogen) atoms. The molecule has 1 N–H and O–H groups in total. The minimum Gasteiger partial charge on any atom is -0.451 e. The number of nitriles is 1. The minimum atomic E-state index is -0.917. The van der Waals surface area contributed by atoms with Crippen molar-refractivity contribution in [1.82, 2.24) is 10.2 Å². The summed E-state index contributed by atoms with van der Waals surface area (Å²) in [7, 11) is 0. The number of carbonyl (C=O) groups is 2. The zero-order valence-corrected chi connectivity index (χ0v) is 15.1. The molecule has 1 heterocycles. The summed E-state index contributed by atoms with van der Waals surface area (Å²) in [4.78, 5) is 37.8. The Balaban J connectivity index is 1.79. The molecule has 9 heteroatoms. The molecule has 0 atom stereocenters. The molecule has 0 aliphatic heterocycles. The second-order valence-electron chi connectivity index (χ2n) is 5.93. The number of hydrogen-bond donors (Lipinski definition) is 1. The first-order chi connectivity index (χ1) is 14.0. The highest BCUT2D eigenvalue weighted by Gasteiger charge is 2.22. The Bertz CT molecular complexity index is 1170. The van der Waals surface area contributed by atoms with Crippen LogP contribution in [0.25, 0.3) is 10.8 Å². The zero-order chi connectivity index (χ0) is 20.8. The average Bonchev–Trinajstić information content (AvgIpc) is 2.74. The van der Waals surface area contributed by atoms with Gasteiger partial charge in [-0.05, 0) is 18.2 Å². The molecule has 8 nitrogen and oxygen atoms in total. The molecule has 2 aromatic carbocycles. The van der Waals surface area contributed by atoms with Gasteiger partial charge in [-0.1, -0.05) is 30.3 Å². The number of aromatic nitrogens is 2. The van der Waals surface area contributed by atoms with Crippen LogP contribution in [-0.4, -0.2) is 35.2 Å². The predicted octanol–water partition coefficient (Wildman–Crippen LogP) is 2.17. The summed E-state index contributed by atoms with van der Waals surface area (Å²) in [6, 6.07) is 13.8. The summed E-state index contributed by atoms with van der Waals surface area (Å²) in [6.07, 6.45) is -0.0276. The van der Waals surface area contributed by atoms with E-state index in [-0.39, 0.29) is 35.1 Å². The van der Waals surface area contributed by atoms with E-state index in [4.69, 9.17) is 10.00 Å². The summed E-state index contributed by atoms with van der Waals surface area (Å²) in [5, 5.41) is 15.3. The third-order valence-corrected chi connectivity index (χ3v) is 4.11. The third kappa shape index (κ3) is 4.27. The van der Waals surface area contributed by atoms with Crippen molar-refractivity contribution in [2.75, 3.05) is 18.1 Å². The number of benzene rings is 2. The maximum Gasteiger partial charge on any atom is 0.359 e. The van der Waals surface area contributed by atoms with Crippen LogP contribution in [0.5, 0.6) is 0 Å². The molecular formula is C20H15FN4O4. The summed E-state index contributed by atoms with van der Waals surface area (Å²) < 4.78 is 19.1. The molecule has 0 radical (unpaired) electrons. The van der Waals surface area contributed by atoms with Crippen molar-refractivity contribution in [3.8, 4) is 6.07 Å². The number of carbonyl (C=O) groups excluding carboxylic acids is 2. The standard InChI is InChI=1S/C20H15FN4O4/c21-15-8-3-4-9-16(15)25(11-5-10-22)17(26)12-29-20(28)18-13-6-1-2-7-14(13)19(27)24-23-18/h1-4,6-9H,5,11-12H2,(H,24,27). The van der Waals surface area contributed by atoms with Crippen molar-refractivity contribution in [3.63, 3.8) is 0 Å². The number of anilines is 1. The molecule has 0 aliphatic rings. The Morgan fingerprint density at radius 3 is 2.55 bits per heavy atom. The van der Waals surface area contributed by atoms with Gasteiger partial charge in [0.25, 0.3) is 11.5 Å². The van der Waals surface area contributed by atoms with Gasteiger partial charge < -0.3 is 9.64 Å². The summed E-state index contributed by atoms with van der Waals surface area (Å²) in [5.74, 6) is -2.26. The molecular weight excluding hydrogens is 379 g/mol. The lowest BCUT2D eigenvalue weighted by Gasteiger charge is -2.22. The maximum atomic E-state index is 14.1. The minimum absolute atomic E-state index is 0.0172. The third-order valence-electron chi connectivity index (χ3n) is 4.11. The van der Waals surface area contributed by atoms with Crippen LogP contribution in [0.3, 0.4) is 0 Å². The van der Waals surface area contributed by atoms with E-state index in [0.29, 0.717) is 0 Å². The number of rotatable bonds is 6. The number of aromatic amines is 1. The summed E-state index contributed by atoms with van der Waals surface area (Å²) >= 11 is 0. The monoisotopic (exact) mass is 394 g/mol. The van der Waals surface area contributed by atoms with E-state index in [9.17, 15) is 18.8 Å². The van der Waals surface area contributed by atoms with Gasteiger partial charge >= 0.3 is 5.97 Å². The van der Waals surface area contributed by atoms with E-state index in [1.165, 1.54) is 30.3 Å². The fourth-order valence-electron chi connectivity index (χ4n) is 2.76. The number of esters is 1. The van der Waals surface area contributed by atoms with Crippen LogP contribution in [0.15, 0.2) is 53.3 Å². The number of hydrogen-bond acceptors (Lipinski definition) is 6. The van der Waals surface area contributed by atoms with Crippen LogP contribution < -0.4 is 10.5 Å². The first-order valence-electron chi connectivity index (χ1n) is 8.59. The second kappa shape index (κ2) is 8.75. The van der Waals surface area contributed by atoms with Crippen LogP contribution in [0.1, 0.15) is 16.9 Å². The van der Waals surface area contributed by atoms with Crippen LogP contribution >= 0.6 is 0 Å². The number of fused-ring (bicyclic) bond motifs is 1. The lowest BCUT2D eigenvalue weighted by Crippen LogP contribution is -2.36. The van der Waals surface area contributed by atoms with Crippen molar-refractivity contribution in [3.05, 3.63) is 70.4 Å². The molecule has 0 bridgehead atoms. The van der Waals surface area contributed by atoms with Crippen LogP contribution in [0.4, 0.5) is 10.1 Å². The highest BCUT2D eigenvalue weighted by molar-refractivity contribution is 6.03. The Morgan fingerprint density at radius 2 is 1.83 bits per heavy atom. The molecule has 0 aliphatic carbocycles. The van der Waals surface area contributed by atoms with E-state index < -0.39 is 29.9 Å². The molecule has 0 saturated carbocycles. The number of amides is 1. The van der Waals surface area contributed by atoms with E-state index in [2.05, 4.69) is 10.2 Å². The SMILES string of the molecule is N#CCCN(C(=O)COC(=O)c1n[nH]c(=O)c2ccccc12)c1ccccc1F. The molecule has 146 valence electrons. The van der Waals surface area contributed by atoms with Crippen LogP contribution in [-0.2, 0) is 9.53 Å². The number of H-pyrrole nitrogens is 1. The first-order valence-corrected chi connectivity index (χ1v) is 8.59. The second-order valence-corrected chi connectivity index (χ2v) is 5.93. The first kappa shape index (κ1) is 19.7. The molecule has 0 unspecified atom stereocenters. The highest BCUT2D eigenvalue weighted by Crippen LogP contribution is 2.19. The van der Waals surface area contributed by atoms with Gasteiger partial charge in [-0.15, -0.1) is 0 Å². The van der Waals surface area contributed by atoms with Gasteiger partial charge in [0.1, 0.15) is 5.82 Å². The average molecular weight is 394 g/mol. The van der Waals surface area contributed by atoms with E-state index in [1.54, 1.807) is 18.2 Å². The van der Waals surface area contributed by atoms with Crippen molar-refractivity contribution < 1.29 is 18.7 Å². The number of para-hydroxylation sites is 1. The van der Waals surface area contributed by atoms with Crippen LogP contribution in [0, 0.1) is 17.1 Å². The van der Waals surface area contributed by atoms with Gasteiger partial charge in [0.15, 0.2) is 12.3 Å². The molecule has 3 rings (SSSR count). The Kier molecular flexibility index (Phi) is 5.94. The maximum absolute atomic E-state index is 14.1.